The van der Waals surface area contributed by atoms with Gasteiger partial charge in [-0.25, -0.2) is 0 Å². The van der Waals surface area contributed by atoms with Crippen molar-refractivity contribution >= 4 is 12.2 Å². The van der Waals surface area contributed by atoms with Crippen LogP contribution in [0.15, 0.2) is 4.99 Å². The summed E-state index contributed by atoms with van der Waals surface area (Å²) in [4.78, 5) is 14.0. The van der Waals surface area contributed by atoms with Crippen molar-refractivity contribution in [3.05, 3.63) is 0 Å². The fourth-order valence-corrected chi connectivity index (χ4v) is 1.47. The molecule has 0 radical (unpaired) electrons. The standard InChI is InChI=1S/C10H17NO2/c1-10(2,8-3-4-8)5-6-11-7-9(12)13/h6,8H,3-5,7H2,1-2H3,(H,12,13). The SMILES string of the molecule is CC(C)(CC=NCC(=O)O)C1CC1. The fourth-order valence-electron chi connectivity index (χ4n) is 1.47. The zero-order valence-electron chi connectivity index (χ0n) is 8.29. The largest absolute Gasteiger partial charge is 0.480 e. The fraction of sp³-hybridized carbons (Fsp3) is 0.800. The van der Waals surface area contributed by atoms with Gasteiger partial charge in [0.15, 0.2) is 0 Å². The van der Waals surface area contributed by atoms with E-state index in [0.29, 0.717) is 5.41 Å². The van der Waals surface area contributed by atoms with Crippen LogP contribution in [0.25, 0.3) is 0 Å². The van der Waals surface area contributed by atoms with E-state index < -0.39 is 5.97 Å². The van der Waals surface area contributed by atoms with Gasteiger partial charge >= 0.3 is 5.97 Å². The van der Waals surface area contributed by atoms with Crippen molar-refractivity contribution in [2.45, 2.75) is 33.1 Å². The van der Waals surface area contributed by atoms with Crippen LogP contribution in [0.5, 0.6) is 0 Å². The lowest BCUT2D eigenvalue weighted by Crippen LogP contribution is -2.14. The van der Waals surface area contributed by atoms with Crippen molar-refractivity contribution in [1.82, 2.24) is 0 Å². The van der Waals surface area contributed by atoms with Gasteiger partial charge in [-0.05, 0) is 36.8 Å². The molecule has 1 N–H and O–H groups in total. The Morgan fingerprint density at radius 2 is 2.23 bits per heavy atom. The maximum atomic E-state index is 10.2. The van der Waals surface area contributed by atoms with Crippen molar-refractivity contribution in [3.8, 4) is 0 Å². The Kier molecular flexibility index (Phi) is 3.07. The summed E-state index contributed by atoms with van der Waals surface area (Å²) in [6.45, 7) is 4.34. The summed E-state index contributed by atoms with van der Waals surface area (Å²) in [5.74, 6) is -0.0377. The molecule has 0 spiro atoms. The van der Waals surface area contributed by atoms with E-state index in [1.165, 1.54) is 12.8 Å². The average molecular weight is 183 g/mol. The first-order valence-corrected chi connectivity index (χ1v) is 4.72. The summed E-state index contributed by atoms with van der Waals surface area (Å²) in [5, 5.41) is 8.35. The maximum absolute atomic E-state index is 10.2. The summed E-state index contributed by atoms with van der Waals surface area (Å²) < 4.78 is 0. The minimum absolute atomic E-state index is 0.0965. The van der Waals surface area contributed by atoms with Crippen molar-refractivity contribution in [2.24, 2.45) is 16.3 Å². The quantitative estimate of drug-likeness (QED) is 0.662. The second-order valence-electron chi connectivity index (χ2n) is 4.38. The van der Waals surface area contributed by atoms with Gasteiger partial charge in [0, 0.05) is 0 Å². The van der Waals surface area contributed by atoms with Crippen LogP contribution < -0.4 is 0 Å². The van der Waals surface area contributed by atoms with Crippen LogP contribution in [-0.2, 0) is 4.79 Å². The normalized spacial score (nSPS) is 18.0. The van der Waals surface area contributed by atoms with Crippen LogP contribution in [0.2, 0.25) is 0 Å². The van der Waals surface area contributed by atoms with Gasteiger partial charge in [-0.15, -0.1) is 0 Å². The molecule has 3 nitrogen and oxygen atoms in total. The molecule has 13 heavy (non-hydrogen) atoms. The molecule has 1 aliphatic carbocycles. The molecular weight excluding hydrogens is 166 g/mol. The third kappa shape index (κ3) is 3.57. The molecule has 0 unspecified atom stereocenters. The molecule has 3 heteroatoms. The molecule has 0 atom stereocenters. The van der Waals surface area contributed by atoms with Crippen LogP contribution in [0, 0.1) is 11.3 Å². The van der Waals surface area contributed by atoms with Gasteiger partial charge in [0.2, 0.25) is 0 Å². The Bertz CT molecular complexity index is 217. The molecule has 0 aliphatic heterocycles. The van der Waals surface area contributed by atoms with Gasteiger partial charge in [-0.1, -0.05) is 13.8 Å². The predicted octanol–water partition coefficient (Wildman–Crippen LogP) is 1.97. The maximum Gasteiger partial charge on any atom is 0.325 e. The van der Waals surface area contributed by atoms with E-state index in [1.807, 2.05) is 0 Å². The lowest BCUT2D eigenvalue weighted by Gasteiger charge is -2.21. The Labute approximate surface area is 78.9 Å². The summed E-state index contributed by atoms with van der Waals surface area (Å²) in [6, 6.07) is 0. The van der Waals surface area contributed by atoms with Crippen molar-refractivity contribution in [3.63, 3.8) is 0 Å². The topological polar surface area (TPSA) is 49.7 Å². The van der Waals surface area contributed by atoms with Crippen LogP contribution in [0.3, 0.4) is 0 Å². The van der Waals surface area contributed by atoms with E-state index in [1.54, 1.807) is 6.21 Å². The Balaban J connectivity index is 2.23. The highest BCUT2D eigenvalue weighted by atomic mass is 16.4. The van der Waals surface area contributed by atoms with Gasteiger partial charge in [-0.3, -0.25) is 9.79 Å². The van der Waals surface area contributed by atoms with Crippen molar-refractivity contribution in [1.29, 1.82) is 0 Å². The van der Waals surface area contributed by atoms with E-state index >= 15 is 0 Å². The summed E-state index contributed by atoms with van der Waals surface area (Å²) in [7, 11) is 0. The highest BCUT2D eigenvalue weighted by Crippen LogP contribution is 2.46. The molecule has 1 fully saturated rings. The van der Waals surface area contributed by atoms with Gasteiger partial charge < -0.3 is 5.11 Å². The summed E-state index contributed by atoms with van der Waals surface area (Å²) in [6.07, 6.45) is 5.29. The molecule has 74 valence electrons. The number of hydrogen-bond donors (Lipinski definition) is 1. The van der Waals surface area contributed by atoms with E-state index in [2.05, 4.69) is 18.8 Å². The number of aliphatic imine (C=N–C) groups is 1. The van der Waals surface area contributed by atoms with E-state index in [-0.39, 0.29) is 6.54 Å². The van der Waals surface area contributed by atoms with Gasteiger partial charge in [0.1, 0.15) is 6.54 Å². The van der Waals surface area contributed by atoms with Crippen LogP contribution in [-0.4, -0.2) is 23.8 Å². The Hall–Kier alpha value is -0.860. The van der Waals surface area contributed by atoms with Crippen LogP contribution in [0.4, 0.5) is 0 Å². The molecule has 0 aromatic carbocycles. The molecule has 0 bridgehead atoms. The summed E-state index contributed by atoms with van der Waals surface area (Å²) >= 11 is 0. The highest BCUT2D eigenvalue weighted by molar-refractivity contribution is 5.72. The molecule has 1 aliphatic rings. The van der Waals surface area contributed by atoms with Gasteiger partial charge in [0.05, 0.1) is 0 Å². The molecule has 1 saturated carbocycles. The number of rotatable bonds is 5. The minimum Gasteiger partial charge on any atom is -0.480 e. The molecular formula is C10H17NO2. The lowest BCUT2D eigenvalue weighted by molar-refractivity contribution is -0.135. The average Bonchev–Trinajstić information content (AvgIpc) is 2.79. The lowest BCUT2D eigenvalue weighted by atomic mass is 9.84. The van der Waals surface area contributed by atoms with Gasteiger partial charge in [-0.2, -0.15) is 0 Å². The van der Waals surface area contributed by atoms with Crippen molar-refractivity contribution in [2.75, 3.05) is 6.54 Å². The van der Waals surface area contributed by atoms with E-state index in [0.717, 1.165) is 12.3 Å². The number of carbonyl (C=O) groups is 1. The number of carboxylic acids is 1. The van der Waals surface area contributed by atoms with Crippen LogP contribution in [0.1, 0.15) is 33.1 Å². The summed E-state index contributed by atoms with van der Waals surface area (Å²) in [5.41, 5.74) is 0.308. The van der Waals surface area contributed by atoms with Gasteiger partial charge in [0.25, 0.3) is 0 Å². The molecule has 0 heterocycles. The van der Waals surface area contributed by atoms with Crippen LogP contribution >= 0.6 is 0 Å². The van der Waals surface area contributed by atoms with E-state index in [9.17, 15) is 4.79 Å². The molecule has 0 amide bonds. The second kappa shape index (κ2) is 3.90. The molecule has 1 rings (SSSR count). The number of hydrogen-bond acceptors (Lipinski definition) is 2. The molecule has 0 aromatic rings. The first kappa shape index (κ1) is 10.2. The first-order chi connectivity index (χ1) is 6.02. The Morgan fingerprint density at radius 3 is 2.69 bits per heavy atom. The molecule has 0 saturated heterocycles. The smallest absolute Gasteiger partial charge is 0.325 e. The Morgan fingerprint density at radius 1 is 1.62 bits per heavy atom. The highest BCUT2D eigenvalue weighted by Gasteiger charge is 2.36. The second-order valence-corrected chi connectivity index (χ2v) is 4.38. The molecule has 0 aromatic heterocycles. The third-order valence-corrected chi connectivity index (χ3v) is 2.66. The number of nitrogens with zero attached hydrogens (tertiary/aromatic N) is 1. The number of carboxylic acid groups (broad SMARTS) is 1. The third-order valence-electron chi connectivity index (χ3n) is 2.66. The van der Waals surface area contributed by atoms with E-state index in [4.69, 9.17) is 5.11 Å². The zero-order valence-corrected chi connectivity index (χ0v) is 8.29. The zero-order chi connectivity index (χ0) is 9.90. The minimum atomic E-state index is -0.861. The monoisotopic (exact) mass is 183 g/mol. The first-order valence-electron chi connectivity index (χ1n) is 4.72. The predicted molar refractivity (Wildman–Crippen MR) is 52.1 cm³/mol. The van der Waals surface area contributed by atoms with Crippen molar-refractivity contribution < 1.29 is 9.90 Å². The number of aliphatic carboxylic acids is 1.